The van der Waals surface area contributed by atoms with E-state index < -0.39 is 25.1 Å². The largest absolute Gasteiger partial charge is 0.423 e. The Bertz CT molecular complexity index is 626. The van der Waals surface area contributed by atoms with Crippen molar-refractivity contribution in [3.05, 3.63) is 22.4 Å². The van der Waals surface area contributed by atoms with Crippen LogP contribution in [0.5, 0.6) is 0 Å². The number of aromatic nitrogens is 2. The van der Waals surface area contributed by atoms with Gasteiger partial charge in [0.2, 0.25) is 6.10 Å². The summed E-state index contributed by atoms with van der Waals surface area (Å²) in [5.74, 6) is -0.353. The number of hydrogen-bond donors (Lipinski definition) is 0. The van der Waals surface area contributed by atoms with Crippen LogP contribution in [0.1, 0.15) is 5.82 Å². The summed E-state index contributed by atoms with van der Waals surface area (Å²) in [6.07, 6.45) is -15.0. The zero-order valence-corrected chi connectivity index (χ0v) is 11.4. The number of rotatable bonds is 3. The maximum atomic E-state index is 12.3. The normalized spacial score (nSPS) is 13.3. The van der Waals surface area contributed by atoms with E-state index in [0.717, 1.165) is 11.3 Å². The first-order valence-corrected chi connectivity index (χ1v) is 6.49. The summed E-state index contributed by atoms with van der Waals surface area (Å²) in [7, 11) is 0. The van der Waals surface area contributed by atoms with Crippen LogP contribution in [0.2, 0.25) is 5.15 Å². The second kappa shape index (κ2) is 5.58. The highest BCUT2D eigenvalue weighted by Gasteiger charge is 2.58. The smallest absolute Gasteiger partial charge is 0.353 e. The van der Waals surface area contributed by atoms with Crippen LogP contribution < -0.4 is 0 Å². The number of nitrogens with zero attached hydrogens (tertiary/aromatic N) is 2. The molecule has 0 N–H and O–H groups in total. The van der Waals surface area contributed by atoms with E-state index in [9.17, 15) is 26.3 Å². The van der Waals surface area contributed by atoms with Gasteiger partial charge in [-0.1, -0.05) is 11.6 Å². The molecule has 0 amide bonds. The fraction of sp³-hybridized carbons (Fsp3) is 0.400. The molecule has 11 heteroatoms. The Morgan fingerprint density at radius 2 is 1.76 bits per heavy atom. The molecule has 2 aromatic rings. The molecule has 0 radical (unpaired) electrons. The molecule has 0 saturated heterocycles. The van der Waals surface area contributed by atoms with Gasteiger partial charge in [0.05, 0.1) is 0 Å². The molecule has 0 fully saturated rings. The second-order valence-electron chi connectivity index (χ2n) is 3.84. The SMILES string of the molecule is FC(F)(F)C(OCc1nc(Cl)c2ccsc2n1)C(F)(F)F. The standard InChI is InChI=1S/C10H5ClF6N2OS/c11-6-4-1-2-21-7(4)19-5(18-6)3-20-8(9(12,13)14)10(15,16)17/h1-2,8H,3H2. The van der Waals surface area contributed by atoms with Gasteiger partial charge in [-0.25, -0.2) is 9.97 Å². The highest BCUT2D eigenvalue weighted by molar-refractivity contribution is 7.16. The van der Waals surface area contributed by atoms with Crippen LogP contribution in [-0.2, 0) is 11.3 Å². The van der Waals surface area contributed by atoms with E-state index >= 15 is 0 Å². The molecule has 2 heterocycles. The minimum absolute atomic E-state index is 0.0598. The van der Waals surface area contributed by atoms with Gasteiger partial charge in [0, 0.05) is 5.39 Å². The van der Waals surface area contributed by atoms with Crippen molar-refractivity contribution in [1.82, 2.24) is 9.97 Å². The van der Waals surface area contributed by atoms with Gasteiger partial charge in [-0.3, -0.25) is 0 Å². The van der Waals surface area contributed by atoms with Gasteiger partial charge in [0.25, 0.3) is 0 Å². The molecule has 2 rings (SSSR count). The summed E-state index contributed by atoms with van der Waals surface area (Å²) in [5, 5.41) is 2.02. The van der Waals surface area contributed by atoms with Crippen LogP contribution in [0.4, 0.5) is 26.3 Å². The molecule has 0 spiro atoms. The molecule has 21 heavy (non-hydrogen) atoms. The van der Waals surface area contributed by atoms with Crippen LogP contribution in [0.15, 0.2) is 11.4 Å². The average molecular weight is 351 g/mol. The minimum atomic E-state index is -5.57. The Balaban J connectivity index is 2.19. The Morgan fingerprint density at radius 1 is 1.14 bits per heavy atom. The Morgan fingerprint density at radius 3 is 2.33 bits per heavy atom. The summed E-state index contributed by atoms with van der Waals surface area (Å²) in [6, 6.07) is 1.58. The van der Waals surface area contributed by atoms with Crippen LogP contribution in [0.3, 0.4) is 0 Å². The minimum Gasteiger partial charge on any atom is -0.353 e. The van der Waals surface area contributed by atoms with Gasteiger partial charge >= 0.3 is 12.4 Å². The number of hydrogen-bond acceptors (Lipinski definition) is 4. The number of thiophene rings is 1. The molecule has 0 atom stereocenters. The first-order valence-electron chi connectivity index (χ1n) is 5.23. The third kappa shape index (κ3) is 3.74. The predicted molar refractivity (Wildman–Crippen MR) is 63.1 cm³/mol. The maximum Gasteiger partial charge on any atom is 0.423 e. The highest BCUT2D eigenvalue weighted by Crippen LogP contribution is 2.36. The van der Waals surface area contributed by atoms with Gasteiger partial charge in [0.1, 0.15) is 16.6 Å². The zero-order valence-electron chi connectivity index (χ0n) is 9.80. The first kappa shape index (κ1) is 16.2. The zero-order chi connectivity index (χ0) is 15.8. The van der Waals surface area contributed by atoms with Crippen LogP contribution in [0.25, 0.3) is 10.2 Å². The van der Waals surface area contributed by atoms with Crippen LogP contribution in [0, 0.1) is 0 Å². The fourth-order valence-corrected chi connectivity index (χ4v) is 2.55. The van der Waals surface area contributed by atoms with Crippen molar-refractivity contribution in [2.75, 3.05) is 0 Å². The lowest BCUT2D eigenvalue weighted by atomic mass is 10.3. The van der Waals surface area contributed by atoms with E-state index in [4.69, 9.17) is 11.6 Å². The van der Waals surface area contributed by atoms with Gasteiger partial charge in [-0.05, 0) is 11.4 Å². The monoisotopic (exact) mass is 350 g/mol. The van der Waals surface area contributed by atoms with E-state index in [1.54, 1.807) is 11.4 Å². The molecule has 0 aliphatic heterocycles. The Kier molecular flexibility index (Phi) is 4.31. The molecule has 0 aliphatic carbocycles. The third-order valence-corrected chi connectivity index (χ3v) is 3.39. The van der Waals surface area contributed by atoms with Crippen molar-refractivity contribution in [3.8, 4) is 0 Å². The van der Waals surface area contributed by atoms with Crippen LogP contribution >= 0.6 is 22.9 Å². The molecule has 2 aromatic heterocycles. The topological polar surface area (TPSA) is 35.0 Å². The molecule has 0 aromatic carbocycles. The van der Waals surface area contributed by atoms with Crippen molar-refractivity contribution in [2.24, 2.45) is 0 Å². The quantitative estimate of drug-likeness (QED) is 0.609. The molecule has 0 saturated carbocycles. The van der Waals surface area contributed by atoms with E-state index in [-0.39, 0.29) is 11.0 Å². The van der Waals surface area contributed by atoms with Crippen molar-refractivity contribution in [1.29, 1.82) is 0 Å². The molecule has 0 aliphatic rings. The number of ether oxygens (including phenoxy) is 1. The van der Waals surface area contributed by atoms with E-state index in [1.165, 1.54) is 0 Å². The predicted octanol–water partition coefficient (Wildman–Crippen LogP) is 4.35. The van der Waals surface area contributed by atoms with Crippen molar-refractivity contribution in [3.63, 3.8) is 0 Å². The van der Waals surface area contributed by atoms with E-state index in [0.29, 0.717) is 10.2 Å². The maximum absolute atomic E-state index is 12.3. The van der Waals surface area contributed by atoms with E-state index in [2.05, 4.69) is 14.7 Å². The van der Waals surface area contributed by atoms with Gasteiger partial charge in [-0.2, -0.15) is 26.3 Å². The lowest BCUT2D eigenvalue weighted by Crippen LogP contribution is -2.44. The average Bonchev–Trinajstić information content (AvgIpc) is 2.73. The Hall–Kier alpha value is -1.13. The lowest BCUT2D eigenvalue weighted by Gasteiger charge is -2.22. The molecule has 116 valence electrons. The summed E-state index contributed by atoms with van der Waals surface area (Å²) in [6.45, 7) is -1.06. The number of alkyl halides is 6. The van der Waals surface area contributed by atoms with Crippen molar-refractivity contribution >= 4 is 33.2 Å². The van der Waals surface area contributed by atoms with Gasteiger partial charge < -0.3 is 4.74 Å². The van der Waals surface area contributed by atoms with Gasteiger partial charge in [0.15, 0.2) is 5.82 Å². The fourth-order valence-electron chi connectivity index (χ4n) is 1.46. The highest BCUT2D eigenvalue weighted by atomic mass is 35.5. The van der Waals surface area contributed by atoms with Crippen LogP contribution in [-0.4, -0.2) is 28.4 Å². The van der Waals surface area contributed by atoms with E-state index in [1.807, 2.05) is 0 Å². The number of fused-ring (bicyclic) bond motifs is 1. The molecule has 0 unspecified atom stereocenters. The lowest BCUT2D eigenvalue weighted by molar-refractivity contribution is -0.324. The summed E-state index contributed by atoms with van der Waals surface area (Å²) < 4.78 is 77.7. The van der Waals surface area contributed by atoms with Crippen molar-refractivity contribution < 1.29 is 31.1 Å². The molecule has 3 nitrogen and oxygen atoms in total. The second-order valence-corrected chi connectivity index (χ2v) is 5.10. The first-order chi connectivity index (χ1) is 9.59. The third-order valence-electron chi connectivity index (χ3n) is 2.30. The summed E-state index contributed by atoms with van der Waals surface area (Å²) >= 11 is 6.88. The van der Waals surface area contributed by atoms with Gasteiger partial charge in [-0.15, -0.1) is 11.3 Å². The molecule has 0 bridgehead atoms. The Labute approximate surface area is 122 Å². The molecular formula is C10H5ClF6N2OS. The summed E-state index contributed by atoms with van der Waals surface area (Å²) in [4.78, 5) is 7.76. The number of halogens is 7. The van der Waals surface area contributed by atoms with Crippen molar-refractivity contribution in [2.45, 2.75) is 25.1 Å². The molecular weight excluding hydrogens is 346 g/mol. The summed E-state index contributed by atoms with van der Waals surface area (Å²) in [5.41, 5.74) is 0.